The van der Waals surface area contributed by atoms with Crippen LogP contribution in [-0.4, -0.2) is 17.2 Å². The first-order valence-electron chi connectivity index (χ1n) is 5.11. The molecule has 0 bridgehead atoms. The van der Waals surface area contributed by atoms with E-state index in [1.54, 1.807) is 18.2 Å². The normalized spacial score (nSPS) is 11.1. The highest BCUT2D eigenvalue weighted by Gasteiger charge is 2.20. The Labute approximate surface area is 103 Å². The van der Waals surface area contributed by atoms with Gasteiger partial charge in [-0.2, -0.15) is 0 Å². The van der Waals surface area contributed by atoms with Crippen molar-refractivity contribution >= 4 is 28.3 Å². The summed E-state index contributed by atoms with van der Waals surface area (Å²) in [4.78, 5) is 11.0. The molecule has 2 rings (SSSR count). The van der Waals surface area contributed by atoms with Crippen LogP contribution in [0.4, 0.5) is 0 Å². The van der Waals surface area contributed by atoms with Crippen molar-refractivity contribution in [2.75, 3.05) is 0 Å². The Bertz CT molecular complexity index is 571. The van der Waals surface area contributed by atoms with Gasteiger partial charge in [-0.05, 0) is 32.0 Å². The van der Waals surface area contributed by atoms with Crippen LogP contribution in [0.1, 0.15) is 24.4 Å². The number of fused-ring (bicyclic) bond motifs is 1. The molecule has 0 spiro atoms. The van der Waals surface area contributed by atoms with E-state index in [9.17, 15) is 4.79 Å². The fourth-order valence-electron chi connectivity index (χ4n) is 1.55. The summed E-state index contributed by atoms with van der Waals surface area (Å²) in [5.74, 6) is -1.07. The number of rotatable bonds is 3. The molecule has 1 aromatic carbocycles. The van der Waals surface area contributed by atoms with Crippen molar-refractivity contribution in [2.24, 2.45) is 0 Å². The van der Waals surface area contributed by atoms with Crippen molar-refractivity contribution in [2.45, 2.75) is 20.0 Å². The van der Waals surface area contributed by atoms with Crippen LogP contribution in [-0.2, 0) is 0 Å². The zero-order valence-electron chi connectivity index (χ0n) is 9.36. The SMILES string of the molecule is CC(C)Oc1oc(C(=O)O)c2ccc(Cl)cc12. The Kier molecular flexibility index (Phi) is 2.98. The summed E-state index contributed by atoms with van der Waals surface area (Å²) < 4.78 is 10.6. The van der Waals surface area contributed by atoms with Gasteiger partial charge in [0.1, 0.15) is 0 Å². The average Bonchev–Trinajstić information content (AvgIpc) is 2.56. The van der Waals surface area contributed by atoms with Crippen LogP contribution in [0.25, 0.3) is 10.8 Å². The fourth-order valence-corrected chi connectivity index (χ4v) is 1.72. The van der Waals surface area contributed by atoms with Crippen LogP contribution < -0.4 is 4.74 Å². The molecule has 1 N–H and O–H groups in total. The summed E-state index contributed by atoms with van der Waals surface area (Å²) in [6.07, 6.45) is -0.107. The maximum atomic E-state index is 11.0. The Balaban J connectivity index is 2.66. The minimum Gasteiger partial charge on any atom is -0.475 e. The molecule has 0 saturated heterocycles. The lowest BCUT2D eigenvalue weighted by molar-refractivity contribution is 0.0652. The largest absolute Gasteiger partial charge is 0.475 e. The smallest absolute Gasteiger partial charge is 0.372 e. The van der Waals surface area contributed by atoms with E-state index in [-0.39, 0.29) is 17.8 Å². The summed E-state index contributed by atoms with van der Waals surface area (Å²) in [5.41, 5.74) is 0. The van der Waals surface area contributed by atoms with Crippen molar-refractivity contribution in [3.8, 4) is 5.95 Å². The molecule has 1 aromatic heterocycles. The number of ether oxygens (including phenoxy) is 1. The predicted molar refractivity (Wildman–Crippen MR) is 63.9 cm³/mol. The third-order valence-electron chi connectivity index (χ3n) is 2.18. The number of hydrogen-bond acceptors (Lipinski definition) is 3. The lowest BCUT2D eigenvalue weighted by Crippen LogP contribution is -2.04. The molecule has 5 heteroatoms. The van der Waals surface area contributed by atoms with E-state index in [0.717, 1.165) is 0 Å². The number of benzene rings is 1. The van der Waals surface area contributed by atoms with Gasteiger partial charge in [-0.25, -0.2) is 4.79 Å². The number of furan rings is 1. The third-order valence-corrected chi connectivity index (χ3v) is 2.41. The topological polar surface area (TPSA) is 59.7 Å². The summed E-state index contributed by atoms with van der Waals surface area (Å²) in [5, 5.41) is 10.6. The molecular weight excluding hydrogens is 244 g/mol. The van der Waals surface area contributed by atoms with Crippen molar-refractivity contribution in [3.63, 3.8) is 0 Å². The number of carboxylic acid groups (broad SMARTS) is 1. The number of aromatic carboxylic acids is 1. The summed E-state index contributed by atoms with van der Waals surface area (Å²) in [6.45, 7) is 3.67. The molecule has 0 fully saturated rings. The molecule has 4 nitrogen and oxygen atoms in total. The molecule has 0 amide bonds. The van der Waals surface area contributed by atoms with E-state index in [1.807, 2.05) is 13.8 Å². The van der Waals surface area contributed by atoms with Gasteiger partial charge in [0.2, 0.25) is 5.76 Å². The van der Waals surface area contributed by atoms with Gasteiger partial charge >= 0.3 is 5.97 Å². The number of carbonyl (C=O) groups is 1. The molecule has 1 heterocycles. The van der Waals surface area contributed by atoms with Gasteiger partial charge in [0, 0.05) is 10.4 Å². The lowest BCUT2D eigenvalue weighted by atomic mass is 10.2. The first-order chi connectivity index (χ1) is 7.99. The molecule has 0 aliphatic heterocycles. The Hall–Kier alpha value is -1.68. The highest BCUT2D eigenvalue weighted by Crippen LogP contribution is 2.34. The van der Waals surface area contributed by atoms with Gasteiger partial charge in [0.15, 0.2) is 0 Å². The van der Waals surface area contributed by atoms with E-state index < -0.39 is 5.97 Å². The fraction of sp³-hybridized carbons (Fsp3) is 0.250. The molecule has 0 atom stereocenters. The Morgan fingerprint density at radius 1 is 1.41 bits per heavy atom. The van der Waals surface area contributed by atoms with Crippen LogP contribution in [0.2, 0.25) is 5.02 Å². The summed E-state index contributed by atoms with van der Waals surface area (Å²) in [7, 11) is 0. The molecule has 0 aliphatic carbocycles. The van der Waals surface area contributed by atoms with Gasteiger partial charge in [0.05, 0.1) is 11.5 Å². The minimum atomic E-state index is -1.13. The van der Waals surface area contributed by atoms with Gasteiger partial charge in [0.25, 0.3) is 5.95 Å². The van der Waals surface area contributed by atoms with Gasteiger partial charge in [-0.3, -0.25) is 0 Å². The minimum absolute atomic E-state index is 0.107. The third kappa shape index (κ3) is 2.22. The second-order valence-electron chi connectivity index (χ2n) is 3.88. The van der Waals surface area contributed by atoms with Crippen molar-refractivity contribution in [1.82, 2.24) is 0 Å². The van der Waals surface area contributed by atoms with Gasteiger partial charge in [-0.1, -0.05) is 11.6 Å². The van der Waals surface area contributed by atoms with E-state index in [2.05, 4.69) is 0 Å². The monoisotopic (exact) mass is 254 g/mol. The Morgan fingerprint density at radius 2 is 2.12 bits per heavy atom. The van der Waals surface area contributed by atoms with E-state index in [1.165, 1.54) is 0 Å². The molecule has 2 aromatic rings. The first-order valence-corrected chi connectivity index (χ1v) is 5.49. The molecule has 0 radical (unpaired) electrons. The van der Waals surface area contributed by atoms with Crippen LogP contribution in [0, 0.1) is 0 Å². The van der Waals surface area contributed by atoms with E-state index in [4.69, 9.17) is 25.9 Å². The zero-order chi connectivity index (χ0) is 12.6. The standard InChI is InChI=1S/C12H11ClO4/c1-6(2)16-12-9-5-7(13)3-4-8(9)10(17-12)11(14)15/h3-6H,1-2H3,(H,14,15). The van der Waals surface area contributed by atoms with E-state index >= 15 is 0 Å². The maximum absolute atomic E-state index is 11.0. The maximum Gasteiger partial charge on any atom is 0.372 e. The Morgan fingerprint density at radius 3 is 2.71 bits per heavy atom. The average molecular weight is 255 g/mol. The van der Waals surface area contributed by atoms with Crippen molar-refractivity contribution in [3.05, 3.63) is 29.0 Å². The first kappa shape index (κ1) is 11.8. The molecule has 0 saturated carbocycles. The molecule has 0 aliphatic rings. The highest BCUT2D eigenvalue weighted by molar-refractivity contribution is 6.31. The van der Waals surface area contributed by atoms with Crippen LogP contribution in [0.3, 0.4) is 0 Å². The van der Waals surface area contributed by atoms with Gasteiger partial charge < -0.3 is 14.3 Å². The van der Waals surface area contributed by atoms with Crippen LogP contribution in [0.15, 0.2) is 22.6 Å². The molecule has 0 unspecified atom stereocenters. The highest BCUT2D eigenvalue weighted by atomic mass is 35.5. The number of carboxylic acids is 1. The quantitative estimate of drug-likeness (QED) is 0.910. The van der Waals surface area contributed by atoms with E-state index in [0.29, 0.717) is 15.8 Å². The zero-order valence-corrected chi connectivity index (χ0v) is 10.1. The molecule has 17 heavy (non-hydrogen) atoms. The predicted octanol–water partition coefficient (Wildman–Crippen LogP) is 3.57. The summed E-state index contributed by atoms with van der Waals surface area (Å²) in [6, 6.07) is 4.85. The molecular formula is C12H11ClO4. The van der Waals surface area contributed by atoms with Crippen LogP contribution in [0.5, 0.6) is 5.95 Å². The summed E-state index contributed by atoms with van der Waals surface area (Å²) >= 11 is 5.87. The van der Waals surface area contributed by atoms with Crippen molar-refractivity contribution < 1.29 is 19.1 Å². The van der Waals surface area contributed by atoms with Gasteiger partial charge in [-0.15, -0.1) is 0 Å². The number of hydrogen-bond donors (Lipinski definition) is 1. The second-order valence-corrected chi connectivity index (χ2v) is 4.32. The second kappa shape index (κ2) is 4.30. The lowest BCUT2D eigenvalue weighted by Gasteiger charge is -2.05. The number of halogens is 1. The van der Waals surface area contributed by atoms with Crippen LogP contribution >= 0.6 is 11.6 Å². The molecule has 90 valence electrons. The van der Waals surface area contributed by atoms with Crippen molar-refractivity contribution in [1.29, 1.82) is 0 Å².